The third-order valence-corrected chi connectivity index (χ3v) is 4.39. The summed E-state index contributed by atoms with van der Waals surface area (Å²) < 4.78 is 24.5. The molecule has 1 amide bonds. The van der Waals surface area contributed by atoms with Gasteiger partial charge in [0.1, 0.15) is 6.04 Å². The fourth-order valence-electron chi connectivity index (χ4n) is 2.12. The number of rotatable bonds is 7. The molecule has 128 valence electrons. The van der Waals surface area contributed by atoms with E-state index in [1.807, 2.05) is 36.5 Å². The van der Waals surface area contributed by atoms with E-state index >= 15 is 0 Å². The van der Waals surface area contributed by atoms with Crippen molar-refractivity contribution in [3.8, 4) is 0 Å². The number of hydrogen-bond donors (Lipinski definition) is 2. The zero-order valence-corrected chi connectivity index (χ0v) is 14.6. The summed E-state index contributed by atoms with van der Waals surface area (Å²) in [6.07, 6.45) is 0. The average Bonchev–Trinajstić information content (AvgIpc) is 2.54. The van der Waals surface area contributed by atoms with E-state index in [9.17, 15) is 13.6 Å². The van der Waals surface area contributed by atoms with Crippen molar-refractivity contribution in [1.29, 1.82) is 0 Å². The van der Waals surface area contributed by atoms with Crippen LogP contribution in [0.1, 0.15) is 18.5 Å². The van der Waals surface area contributed by atoms with Gasteiger partial charge in [0, 0.05) is 21.2 Å². The van der Waals surface area contributed by atoms with Gasteiger partial charge < -0.3 is 10.6 Å². The lowest BCUT2D eigenvalue weighted by atomic mass is 10.1. The molecule has 0 unspecified atom stereocenters. The van der Waals surface area contributed by atoms with Crippen LogP contribution in [0.4, 0.5) is 14.5 Å². The maximum atomic E-state index is 12.3. The number of alkyl halides is 2. The van der Waals surface area contributed by atoms with Crippen molar-refractivity contribution in [3.63, 3.8) is 0 Å². The van der Waals surface area contributed by atoms with Gasteiger partial charge in [-0.05, 0) is 43.3 Å². The van der Waals surface area contributed by atoms with Crippen LogP contribution in [-0.4, -0.2) is 18.2 Å². The molecule has 0 aliphatic carbocycles. The number of halogens is 3. The zero-order valence-electron chi connectivity index (χ0n) is 13.0. The van der Waals surface area contributed by atoms with Crippen LogP contribution in [0.2, 0.25) is 5.02 Å². The van der Waals surface area contributed by atoms with Crippen molar-refractivity contribution in [2.24, 2.45) is 0 Å². The summed E-state index contributed by atoms with van der Waals surface area (Å²) >= 11 is 6.33. The number of nitrogens with two attached hydrogens (primary N) is 1. The first-order valence-corrected chi connectivity index (χ1v) is 8.63. The highest BCUT2D eigenvalue weighted by Gasteiger charge is 2.12. The number of amides is 1. The van der Waals surface area contributed by atoms with Gasteiger partial charge in [-0.1, -0.05) is 35.5 Å². The molecule has 0 bridgehead atoms. The molecule has 0 saturated heterocycles. The van der Waals surface area contributed by atoms with Crippen molar-refractivity contribution < 1.29 is 18.9 Å². The van der Waals surface area contributed by atoms with Gasteiger partial charge in [-0.15, -0.1) is 0 Å². The number of quaternary nitrogens is 1. The Labute approximate surface area is 148 Å². The van der Waals surface area contributed by atoms with Crippen molar-refractivity contribution >= 4 is 35.0 Å². The van der Waals surface area contributed by atoms with Gasteiger partial charge in [0.2, 0.25) is 0 Å². The summed E-state index contributed by atoms with van der Waals surface area (Å²) in [6.45, 7) is 2.27. The first-order valence-electron chi connectivity index (χ1n) is 7.37. The Morgan fingerprint density at radius 3 is 2.38 bits per heavy atom. The number of carbonyl (C=O) groups is 1. The van der Waals surface area contributed by atoms with E-state index in [2.05, 4.69) is 5.32 Å². The fourth-order valence-corrected chi connectivity index (χ4v) is 2.74. The maximum Gasteiger partial charge on any atom is 0.288 e. The molecule has 0 aliphatic rings. The minimum Gasteiger partial charge on any atom is -0.333 e. The molecule has 7 heteroatoms. The second-order valence-electron chi connectivity index (χ2n) is 5.23. The molecule has 3 nitrogen and oxygen atoms in total. The summed E-state index contributed by atoms with van der Waals surface area (Å²) in [5.41, 5.74) is 1.67. The van der Waals surface area contributed by atoms with Gasteiger partial charge in [-0.25, -0.2) is 0 Å². The number of anilines is 1. The molecule has 2 aromatic carbocycles. The summed E-state index contributed by atoms with van der Waals surface area (Å²) in [6, 6.07) is 14.0. The first-order chi connectivity index (χ1) is 11.4. The van der Waals surface area contributed by atoms with Crippen LogP contribution in [0, 0.1) is 0 Å². The molecule has 24 heavy (non-hydrogen) atoms. The van der Waals surface area contributed by atoms with E-state index in [4.69, 9.17) is 11.6 Å². The molecule has 0 radical (unpaired) electrons. The molecular formula is C17H18ClF2N2OS+. The fraction of sp³-hybridized carbons (Fsp3) is 0.235. The van der Waals surface area contributed by atoms with Crippen LogP contribution < -0.4 is 10.6 Å². The van der Waals surface area contributed by atoms with E-state index in [0.29, 0.717) is 27.4 Å². The lowest BCUT2D eigenvalue weighted by Gasteiger charge is -2.11. The van der Waals surface area contributed by atoms with Gasteiger partial charge in [0.25, 0.3) is 11.7 Å². The normalized spacial score (nSPS) is 12.2. The Bertz CT molecular complexity index is 665. The van der Waals surface area contributed by atoms with Crippen molar-refractivity contribution in [3.05, 3.63) is 59.1 Å². The molecule has 0 heterocycles. The highest BCUT2D eigenvalue weighted by Crippen LogP contribution is 2.26. The van der Waals surface area contributed by atoms with Crippen molar-refractivity contribution in [1.82, 2.24) is 0 Å². The van der Waals surface area contributed by atoms with Crippen LogP contribution in [0.15, 0.2) is 53.4 Å². The molecule has 0 aliphatic heterocycles. The first kappa shape index (κ1) is 18.7. The Balaban J connectivity index is 1.81. The van der Waals surface area contributed by atoms with Crippen LogP contribution >= 0.6 is 23.4 Å². The number of hydrogen-bond acceptors (Lipinski definition) is 2. The standard InChI is InChI=1S/C17H17ClF2N2OS/c1-11(12-2-4-13(18)5-3-12)21-10-16(23)22-14-6-8-15(9-7-14)24-17(19)20/h2-9,11,17,21H,10H2,1H3,(H,22,23)/p+1/t11-/m0/s1. The molecule has 2 rings (SSSR count). The molecule has 0 fully saturated rings. The summed E-state index contributed by atoms with van der Waals surface area (Å²) in [5.74, 6) is -2.60. The topological polar surface area (TPSA) is 45.7 Å². The summed E-state index contributed by atoms with van der Waals surface area (Å²) in [4.78, 5) is 12.4. The van der Waals surface area contributed by atoms with Crippen molar-refractivity contribution in [2.45, 2.75) is 23.6 Å². The second kappa shape index (κ2) is 9.01. The van der Waals surface area contributed by atoms with Crippen molar-refractivity contribution in [2.75, 3.05) is 11.9 Å². The SMILES string of the molecule is C[C@H]([NH2+]CC(=O)Nc1ccc(SC(F)F)cc1)c1ccc(Cl)cc1. The van der Waals surface area contributed by atoms with Gasteiger partial charge in [0.05, 0.1) is 0 Å². The Kier molecular flexibility index (Phi) is 7.02. The van der Waals surface area contributed by atoms with E-state index in [0.717, 1.165) is 5.56 Å². The smallest absolute Gasteiger partial charge is 0.288 e. The van der Waals surface area contributed by atoms with Crippen LogP contribution in [0.3, 0.4) is 0 Å². The third kappa shape index (κ3) is 6.11. The zero-order chi connectivity index (χ0) is 17.5. The maximum absolute atomic E-state index is 12.3. The van der Waals surface area contributed by atoms with Gasteiger partial charge in [0.15, 0.2) is 6.54 Å². The lowest BCUT2D eigenvalue weighted by molar-refractivity contribution is -0.682. The monoisotopic (exact) mass is 371 g/mol. The predicted octanol–water partition coefficient (Wildman–Crippen LogP) is 3.92. The predicted molar refractivity (Wildman–Crippen MR) is 93.6 cm³/mol. The minimum atomic E-state index is -2.45. The van der Waals surface area contributed by atoms with E-state index in [1.54, 1.807) is 24.3 Å². The number of thioether (sulfide) groups is 1. The lowest BCUT2D eigenvalue weighted by Crippen LogP contribution is -2.86. The van der Waals surface area contributed by atoms with E-state index in [-0.39, 0.29) is 18.5 Å². The minimum absolute atomic E-state index is 0.123. The average molecular weight is 372 g/mol. The number of carbonyl (C=O) groups excluding carboxylic acids is 1. The molecular weight excluding hydrogens is 354 g/mol. The summed E-state index contributed by atoms with van der Waals surface area (Å²) in [7, 11) is 0. The highest BCUT2D eigenvalue weighted by molar-refractivity contribution is 7.99. The van der Waals surface area contributed by atoms with Crippen LogP contribution in [0.5, 0.6) is 0 Å². The molecule has 3 N–H and O–H groups in total. The summed E-state index contributed by atoms with van der Waals surface area (Å²) in [5, 5.41) is 5.34. The van der Waals surface area contributed by atoms with E-state index < -0.39 is 5.76 Å². The number of nitrogens with one attached hydrogen (secondary N) is 1. The molecule has 0 spiro atoms. The molecule has 0 aromatic heterocycles. The second-order valence-corrected chi connectivity index (χ2v) is 6.73. The van der Waals surface area contributed by atoms with Crippen LogP contribution in [0.25, 0.3) is 0 Å². The van der Waals surface area contributed by atoms with Gasteiger partial charge in [-0.2, -0.15) is 8.78 Å². The third-order valence-electron chi connectivity index (χ3n) is 3.42. The van der Waals surface area contributed by atoms with Gasteiger partial charge >= 0.3 is 0 Å². The number of benzene rings is 2. The van der Waals surface area contributed by atoms with E-state index in [1.165, 1.54) is 0 Å². The Morgan fingerprint density at radius 1 is 1.17 bits per heavy atom. The highest BCUT2D eigenvalue weighted by atomic mass is 35.5. The Hall–Kier alpha value is -1.63. The van der Waals surface area contributed by atoms with Gasteiger partial charge in [-0.3, -0.25) is 4.79 Å². The molecule has 2 aromatic rings. The Morgan fingerprint density at radius 2 is 1.79 bits per heavy atom. The quantitative estimate of drug-likeness (QED) is 0.725. The largest absolute Gasteiger partial charge is 0.333 e. The molecule has 1 atom stereocenters. The molecule has 0 saturated carbocycles. The van der Waals surface area contributed by atoms with Crippen LogP contribution in [-0.2, 0) is 4.79 Å².